The summed E-state index contributed by atoms with van der Waals surface area (Å²) in [6.45, 7) is 3.63. The van der Waals surface area contributed by atoms with Gasteiger partial charge in [0.1, 0.15) is 29.8 Å². The molecule has 1 unspecified atom stereocenters. The molecule has 1 saturated carbocycles. The molecule has 9 nitrogen and oxygen atoms in total. The van der Waals surface area contributed by atoms with Gasteiger partial charge in [0.15, 0.2) is 0 Å². The number of halogens is 2. The van der Waals surface area contributed by atoms with Crippen LogP contribution in [0.3, 0.4) is 0 Å². The molecule has 198 valence electrons. The number of esters is 1. The number of hydrogen-bond donors (Lipinski definition) is 2. The van der Waals surface area contributed by atoms with E-state index < -0.39 is 5.82 Å². The molecule has 0 radical (unpaired) electrons. The second-order valence-electron chi connectivity index (χ2n) is 9.48. The standard InChI is InChI=1S/C27H27ClFN5O4/c1-16-12-34(13-26(36)38-16)8-2-3-25(35)33-23-10-19-22(11-24(23)37-14-17-4-5-17)30-15-31-27(19)32-18-6-7-21(29)20(28)9-18/h2-3,6-7,9-11,15-17H,4-5,8,12-14H2,1H3,(H,33,35)(H,30,31,32). The van der Waals surface area contributed by atoms with Gasteiger partial charge in [0.05, 0.1) is 29.4 Å². The van der Waals surface area contributed by atoms with Crippen molar-refractivity contribution in [2.24, 2.45) is 5.92 Å². The van der Waals surface area contributed by atoms with Crippen molar-refractivity contribution in [1.82, 2.24) is 14.9 Å². The van der Waals surface area contributed by atoms with Crippen molar-refractivity contribution in [3.8, 4) is 5.75 Å². The number of carbonyl (C=O) groups excluding carboxylic acids is 2. The van der Waals surface area contributed by atoms with Crippen molar-refractivity contribution >= 4 is 51.6 Å². The van der Waals surface area contributed by atoms with Gasteiger partial charge < -0.3 is 20.1 Å². The summed E-state index contributed by atoms with van der Waals surface area (Å²) >= 11 is 5.93. The van der Waals surface area contributed by atoms with Gasteiger partial charge in [-0.1, -0.05) is 17.7 Å². The zero-order chi connectivity index (χ0) is 26.6. The Bertz CT molecular complexity index is 1400. The van der Waals surface area contributed by atoms with Crippen LogP contribution < -0.4 is 15.4 Å². The predicted molar refractivity (Wildman–Crippen MR) is 142 cm³/mol. The molecule has 0 bridgehead atoms. The first-order valence-electron chi connectivity index (χ1n) is 12.4. The molecule has 2 aromatic carbocycles. The van der Waals surface area contributed by atoms with Gasteiger partial charge >= 0.3 is 5.97 Å². The van der Waals surface area contributed by atoms with Crippen molar-refractivity contribution in [3.63, 3.8) is 0 Å². The van der Waals surface area contributed by atoms with E-state index in [2.05, 4.69) is 20.6 Å². The van der Waals surface area contributed by atoms with Crippen LogP contribution in [0.1, 0.15) is 19.8 Å². The van der Waals surface area contributed by atoms with Crippen molar-refractivity contribution in [1.29, 1.82) is 0 Å². The quantitative estimate of drug-likeness (QED) is 0.298. The minimum absolute atomic E-state index is 0.0141. The van der Waals surface area contributed by atoms with Crippen LogP contribution in [0, 0.1) is 11.7 Å². The van der Waals surface area contributed by atoms with Crippen molar-refractivity contribution < 1.29 is 23.5 Å². The van der Waals surface area contributed by atoms with Gasteiger partial charge in [-0.2, -0.15) is 0 Å². The van der Waals surface area contributed by atoms with Gasteiger partial charge in [-0.3, -0.25) is 14.5 Å². The fraction of sp³-hybridized carbons (Fsp3) is 0.333. The third-order valence-corrected chi connectivity index (χ3v) is 6.47. The fourth-order valence-electron chi connectivity index (χ4n) is 4.14. The number of amides is 1. The minimum Gasteiger partial charge on any atom is -0.491 e. The van der Waals surface area contributed by atoms with E-state index in [0.717, 1.165) is 12.8 Å². The van der Waals surface area contributed by atoms with E-state index in [0.29, 0.717) is 59.5 Å². The maximum absolute atomic E-state index is 13.6. The lowest BCUT2D eigenvalue weighted by Gasteiger charge is -2.29. The molecule has 2 fully saturated rings. The number of anilines is 3. The number of nitrogens with zero attached hydrogens (tertiary/aromatic N) is 3. The number of ether oxygens (including phenoxy) is 2. The molecule has 2 heterocycles. The molecule has 1 aromatic heterocycles. The average molecular weight is 540 g/mol. The molecule has 1 saturated heterocycles. The molecule has 2 aliphatic rings. The van der Waals surface area contributed by atoms with Gasteiger partial charge in [0.2, 0.25) is 5.91 Å². The van der Waals surface area contributed by atoms with Gasteiger partial charge in [-0.05, 0) is 49.9 Å². The molecule has 2 N–H and O–H groups in total. The average Bonchev–Trinajstić information content (AvgIpc) is 3.69. The van der Waals surface area contributed by atoms with E-state index in [1.54, 1.807) is 24.3 Å². The maximum atomic E-state index is 13.6. The monoisotopic (exact) mass is 539 g/mol. The fourth-order valence-corrected chi connectivity index (χ4v) is 4.32. The molecular weight excluding hydrogens is 513 g/mol. The molecule has 1 amide bonds. The molecular formula is C27H27ClFN5O4. The Hall–Kier alpha value is -3.76. The maximum Gasteiger partial charge on any atom is 0.320 e. The van der Waals surface area contributed by atoms with Gasteiger partial charge in [0.25, 0.3) is 0 Å². The van der Waals surface area contributed by atoms with Crippen LogP contribution in [0.15, 0.2) is 48.8 Å². The molecule has 38 heavy (non-hydrogen) atoms. The van der Waals surface area contributed by atoms with Crippen molar-refractivity contribution in [3.05, 3.63) is 59.7 Å². The van der Waals surface area contributed by atoms with Gasteiger partial charge in [-0.25, -0.2) is 14.4 Å². The summed E-state index contributed by atoms with van der Waals surface area (Å²) in [6.07, 6.45) is 6.62. The summed E-state index contributed by atoms with van der Waals surface area (Å²) in [5, 5.41) is 6.65. The molecule has 0 spiro atoms. The smallest absolute Gasteiger partial charge is 0.320 e. The first-order valence-corrected chi connectivity index (χ1v) is 12.7. The van der Waals surface area contributed by atoms with E-state index in [9.17, 15) is 14.0 Å². The molecule has 11 heteroatoms. The van der Waals surface area contributed by atoms with Crippen LogP contribution in [0.25, 0.3) is 10.9 Å². The highest BCUT2D eigenvalue weighted by Crippen LogP contribution is 2.36. The first kappa shape index (κ1) is 25.9. The second kappa shape index (κ2) is 11.3. The number of nitrogens with one attached hydrogen (secondary N) is 2. The van der Waals surface area contributed by atoms with Crippen LogP contribution in [0.2, 0.25) is 5.02 Å². The summed E-state index contributed by atoms with van der Waals surface area (Å²) in [5.41, 5.74) is 1.63. The Labute approximate surface area is 224 Å². The van der Waals surface area contributed by atoms with Crippen molar-refractivity contribution in [2.75, 3.05) is 36.9 Å². The first-order chi connectivity index (χ1) is 18.3. The SMILES string of the molecule is CC1CN(CC=CC(=O)Nc2cc3c(Nc4ccc(F)c(Cl)c4)ncnc3cc2OCC2CC2)CC(=O)O1. The van der Waals surface area contributed by atoms with Crippen LogP contribution in [0.4, 0.5) is 21.6 Å². The summed E-state index contributed by atoms with van der Waals surface area (Å²) in [4.78, 5) is 35.1. The molecule has 5 rings (SSSR count). The van der Waals surface area contributed by atoms with E-state index >= 15 is 0 Å². The number of rotatable bonds is 9. The van der Waals surface area contributed by atoms with Crippen LogP contribution in [-0.4, -0.2) is 59.1 Å². The topological polar surface area (TPSA) is 106 Å². The largest absolute Gasteiger partial charge is 0.491 e. The number of hydrogen-bond acceptors (Lipinski definition) is 8. The molecule has 3 aromatic rings. The van der Waals surface area contributed by atoms with Crippen LogP contribution in [-0.2, 0) is 14.3 Å². The van der Waals surface area contributed by atoms with Crippen LogP contribution in [0.5, 0.6) is 5.75 Å². The Balaban J connectivity index is 1.36. The Morgan fingerprint density at radius 2 is 2.13 bits per heavy atom. The summed E-state index contributed by atoms with van der Waals surface area (Å²) in [6, 6.07) is 7.80. The van der Waals surface area contributed by atoms with Gasteiger partial charge in [0, 0.05) is 36.3 Å². The highest BCUT2D eigenvalue weighted by atomic mass is 35.5. The number of fused-ring (bicyclic) bond motifs is 1. The van der Waals surface area contributed by atoms with E-state index in [1.807, 2.05) is 11.8 Å². The molecule has 1 aliphatic carbocycles. The zero-order valence-corrected chi connectivity index (χ0v) is 21.5. The number of aromatic nitrogens is 2. The van der Waals surface area contributed by atoms with E-state index in [1.165, 1.54) is 24.5 Å². The van der Waals surface area contributed by atoms with Gasteiger partial charge in [-0.15, -0.1) is 0 Å². The third-order valence-electron chi connectivity index (χ3n) is 6.18. The lowest BCUT2D eigenvalue weighted by Crippen LogP contribution is -2.44. The number of morpholine rings is 1. The number of benzene rings is 2. The summed E-state index contributed by atoms with van der Waals surface area (Å²) < 4.78 is 24.8. The zero-order valence-electron chi connectivity index (χ0n) is 20.7. The normalized spacial score (nSPS) is 18.0. The second-order valence-corrected chi connectivity index (χ2v) is 9.89. The van der Waals surface area contributed by atoms with E-state index in [-0.39, 0.29) is 29.5 Å². The lowest BCUT2D eigenvalue weighted by atomic mass is 10.1. The predicted octanol–water partition coefficient (Wildman–Crippen LogP) is 4.70. The third kappa shape index (κ3) is 6.56. The highest BCUT2D eigenvalue weighted by molar-refractivity contribution is 6.31. The molecule has 1 atom stereocenters. The Morgan fingerprint density at radius 1 is 1.29 bits per heavy atom. The highest BCUT2D eigenvalue weighted by Gasteiger charge is 2.24. The Morgan fingerprint density at radius 3 is 2.89 bits per heavy atom. The summed E-state index contributed by atoms with van der Waals surface area (Å²) in [5.74, 6) is 0.347. The minimum atomic E-state index is -0.519. The lowest BCUT2D eigenvalue weighted by molar-refractivity contribution is -0.156. The van der Waals surface area contributed by atoms with Crippen molar-refractivity contribution in [2.45, 2.75) is 25.9 Å². The van der Waals surface area contributed by atoms with E-state index in [4.69, 9.17) is 21.1 Å². The number of cyclic esters (lactones) is 1. The summed E-state index contributed by atoms with van der Waals surface area (Å²) in [7, 11) is 0. The molecule has 1 aliphatic heterocycles. The Kier molecular flexibility index (Phi) is 7.71. The van der Waals surface area contributed by atoms with Crippen LogP contribution >= 0.6 is 11.6 Å². The number of carbonyl (C=O) groups is 2.